The molecule has 1 heterocycles. The van der Waals surface area contributed by atoms with Gasteiger partial charge in [0.2, 0.25) is 10.0 Å². The Morgan fingerprint density at radius 2 is 1.97 bits per heavy atom. The van der Waals surface area contributed by atoms with E-state index in [0.29, 0.717) is 27.5 Å². The van der Waals surface area contributed by atoms with Crippen molar-refractivity contribution in [3.63, 3.8) is 0 Å². The van der Waals surface area contributed by atoms with Crippen molar-refractivity contribution in [2.75, 3.05) is 0 Å². The SMILES string of the molecule is O=C(O)[C@H](Cc1ccc(C2CC(=O)[N+]([O-])(O)S2)c(Br)c1)NS(=O)(=O)c1ccccc1. The van der Waals surface area contributed by atoms with Crippen LogP contribution in [0.4, 0.5) is 0 Å². The van der Waals surface area contributed by atoms with Crippen molar-refractivity contribution >= 4 is 49.8 Å². The number of hydroxylamine groups is 2. The summed E-state index contributed by atoms with van der Waals surface area (Å²) in [5.74, 6) is -2.19. The van der Waals surface area contributed by atoms with Crippen molar-refractivity contribution in [1.29, 1.82) is 0 Å². The predicted molar refractivity (Wildman–Crippen MR) is 111 cm³/mol. The minimum Gasteiger partial charge on any atom is -0.579 e. The van der Waals surface area contributed by atoms with E-state index in [1.807, 2.05) is 0 Å². The van der Waals surface area contributed by atoms with Crippen molar-refractivity contribution in [3.8, 4) is 0 Å². The summed E-state index contributed by atoms with van der Waals surface area (Å²) in [4.78, 5) is 23.2. The molecule has 2 aromatic rings. The van der Waals surface area contributed by atoms with E-state index < -0.39 is 37.4 Å². The number of amides is 1. The Balaban J connectivity index is 1.78. The average molecular weight is 517 g/mol. The molecule has 160 valence electrons. The van der Waals surface area contributed by atoms with E-state index in [0.717, 1.165) is 0 Å². The second kappa shape index (κ2) is 8.75. The van der Waals surface area contributed by atoms with Crippen LogP contribution in [0.15, 0.2) is 57.9 Å². The molecule has 3 rings (SSSR count). The third-order valence-corrected chi connectivity index (χ3v) is 7.78. The van der Waals surface area contributed by atoms with Gasteiger partial charge in [0.25, 0.3) is 0 Å². The number of aliphatic carboxylic acids is 1. The normalized spacial score (nSPS) is 22.8. The standard InChI is InChI=1S/C18H17BrN2O7S2/c19-14-8-11(6-7-13(14)16-10-17(22)21(25,26)29-16)9-15(18(23)24)20-30(27,28)12-4-2-1-3-5-12/h1-8,15-16,20,25H,9-10H2,(H,23,24)/t15-,16?/m0/s1. The molecule has 0 aliphatic carbocycles. The smallest absolute Gasteiger partial charge is 0.359 e. The molecule has 0 saturated carbocycles. The molecule has 2 unspecified atom stereocenters. The zero-order chi connectivity index (χ0) is 22.1. The van der Waals surface area contributed by atoms with Gasteiger partial charge in [0.1, 0.15) is 23.2 Å². The Bertz CT molecular complexity index is 1080. The van der Waals surface area contributed by atoms with Gasteiger partial charge in [-0.05, 0) is 35.7 Å². The summed E-state index contributed by atoms with van der Waals surface area (Å²) in [6, 6.07) is 10.8. The number of sulfonamides is 1. The molecule has 1 aliphatic heterocycles. The van der Waals surface area contributed by atoms with Crippen LogP contribution in [0.3, 0.4) is 0 Å². The first-order chi connectivity index (χ1) is 14.0. The number of benzene rings is 2. The molecular formula is C18H17BrN2O7S2. The molecule has 0 bridgehead atoms. The topological polar surface area (TPSA) is 144 Å². The second-order valence-corrected chi connectivity index (χ2v) is 10.4. The Kier molecular flexibility index (Phi) is 6.67. The Hall–Kier alpha value is -1.80. The number of carboxylic acids is 1. The van der Waals surface area contributed by atoms with Gasteiger partial charge in [0, 0.05) is 4.47 Å². The van der Waals surface area contributed by atoms with E-state index in [-0.39, 0.29) is 17.7 Å². The molecule has 30 heavy (non-hydrogen) atoms. The van der Waals surface area contributed by atoms with E-state index in [4.69, 9.17) is 0 Å². The number of nitrogens with zero attached hydrogens (tertiary/aromatic N) is 1. The number of quaternary nitrogens is 1. The minimum absolute atomic E-state index is 0.0427. The van der Waals surface area contributed by atoms with Crippen molar-refractivity contribution < 1.29 is 32.5 Å². The van der Waals surface area contributed by atoms with E-state index in [2.05, 4.69) is 20.7 Å². The van der Waals surface area contributed by atoms with Gasteiger partial charge in [0.15, 0.2) is 0 Å². The molecule has 1 saturated heterocycles. The maximum atomic E-state index is 12.5. The zero-order valence-corrected chi connectivity index (χ0v) is 18.5. The number of carbonyl (C=O) groups is 2. The Morgan fingerprint density at radius 3 is 2.50 bits per heavy atom. The van der Waals surface area contributed by atoms with Crippen LogP contribution in [0.5, 0.6) is 0 Å². The summed E-state index contributed by atoms with van der Waals surface area (Å²) in [6.07, 6.45) is -0.268. The number of hydrogen-bond donors (Lipinski definition) is 3. The number of carbonyl (C=O) groups excluding carboxylic acids is 1. The maximum absolute atomic E-state index is 12.5. The first-order valence-corrected chi connectivity index (χ1v) is 11.7. The third-order valence-electron chi connectivity index (χ3n) is 4.45. The number of nitrogens with one attached hydrogen (secondary N) is 1. The van der Waals surface area contributed by atoms with Gasteiger partial charge in [-0.3, -0.25) is 4.79 Å². The fourth-order valence-corrected chi connectivity index (χ4v) is 6.08. The molecule has 1 fully saturated rings. The summed E-state index contributed by atoms with van der Waals surface area (Å²) >= 11 is 3.88. The molecule has 3 N–H and O–H groups in total. The lowest BCUT2D eigenvalue weighted by molar-refractivity contribution is -0.880. The monoisotopic (exact) mass is 516 g/mol. The largest absolute Gasteiger partial charge is 0.579 e. The highest BCUT2D eigenvalue weighted by atomic mass is 79.9. The lowest BCUT2D eigenvalue weighted by Gasteiger charge is -2.22. The van der Waals surface area contributed by atoms with Gasteiger partial charge in [-0.2, -0.15) is 9.93 Å². The summed E-state index contributed by atoms with van der Waals surface area (Å²) in [7, 11) is -4.02. The highest BCUT2D eigenvalue weighted by Gasteiger charge is 2.44. The molecule has 0 spiro atoms. The average Bonchev–Trinajstić information content (AvgIpc) is 2.94. The van der Waals surface area contributed by atoms with Crippen molar-refractivity contribution in [1.82, 2.24) is 4.72 Å². The van der Waals surface area contributed by atoms with Gasteiger partial charge >= 0.3 is 11.9 Å². The van der Waals surface area contributed by atoms with Crippen LogP contribution < -0.4 is 4.72 Å². The Morgan fingerprint density at radius 1 is 1.30 bits per heavy atom. The van der Waals surface area contributed by atoms with Crippen LogP contribution in [0.25, 0.3) is 0 Å². The fraction of sp³-hybridized carbons (Fsp3) is 0.222. The lowest BCUT2D eigenvalue weighted by Crippen LogP contribution is -2.42. The van der Waals surface area contributed by atoms with Crippen LogP contribution in [-0.4, -0.2) is 40.9 Å². The van der Waals surface area contributed by atoms with E-state index in [1.165, 1.54) is 24.3 Å². The second-order valence-electron chi connectivity index (χ2n) is 6.60. The zero-order valence-electron chi connectivity index (χ0n) is 15.3. The number of hydrogen-bond acceptors (Lipinski definition) is 7. The van der Waals surface area contributed by atoms with Crippen LogP contribution in [0.2, 0.25) is 0 Å². The first kappa shape index (κ1) is 22.9. The first-order valence-electron chi connectivity index (χ1n) is 8.63. The van der Waals surface area contributed by atoms with Crippen molar-refractivity contribution in [3.05, 3.63) is 69.3 Å². The van der Waals surface area contributed by atoms with Crippen LogP contribution in [0, 0.1) is 5.21 Å². The highest BCUT2D eigenvalue weighted by Crippen LogP contribution is 2.47. The molecular weight excluding hydrogens is 500 g/mol. The number of rotatable bonds is 7. The molecule has 12 heteroatoms. The van der Waals surface area contributed by atoms with E-state index in [1.54, 1.807) is 24.3 Å². The van der Waals surface area contributed by atoms with Crippen LogP contribution in [0.1, 0.15) is 22.8 Å². The Labute approximate surface area is 185 Å². The minimum atomic E-state index is -4.02. The number of carboxylic acid groups (broad SMARTS) is 1. The molecule has 3 atom stereocenters. The molecule has 1 amide bonds. The van der Waals surface area contributed by atoms with Gasteiger partial charge in [-0.25, -0.2) is 13.2 Å². The van der Waals surface area contributed by atoms with E-state index >= 15 is 0 Å². The van der Waals surface area contributed by atoms with E-state index in [9.17, 15) is 33.5 Å². The quantitative estimate of drug-likeness (QED) is 0.220. The summed E-state index contributed by atoms with van der Waals surface area (Å²) in [5, 5.41) is 30.0. The van der Waals surface area contributed by atoms with Gasteiger partial charge in [-0.15, -0.1) is 0 Å². The molecule has 1 aliphatic rings. The predicted octanol–water partition coefficient (Wildman–Crippen LogP) is 2.75. The summed E-state index contributed by atoms with van der Waals surface area (Å²) < 4.78 is 25.6. The fourth-order valence-electron chi connectivity index (χ4n) is 2.94. The molecule has 0 radical (unpaired) electrons. The molecule has 9 nitrogen and oxygen atoms in total. The highest BCUT2D eigenvalue weighted by molar-refractivity contribution is 9.10. The summed E-state index contributed by atoms with van der Waals surface area (Å²) in [5.41, 5.74) is 1.12. The number of halogens is 1. The van der Waals surface area contributed by atoms with Gasteiger partial charge < -0.3 is 10.3 Å². The molecule has 0 aromatic heterocycles. The van der Waals surface area contributed by atoms with Crippen LogP contribution >= 0.6 is 27.9 Å². The van der Waals surface area contributed by atoms with Crippen molar-refractivity contribution in [2.24, 2.45) is 0 Å². The molecule has 2 aromatic carbocycles. The van der Waals surface area contributed by atoms with Gasteiger partial charge in [0.05, 0.1) is 11.3 Å². The van der Waals surface area contributed by atoms with Crippen LogP contribution in [-0.2, 0) is 26.0 Å². The summed E-state index contributed by atoms with van der Waals surface area (Å²) in [6.45, 7) is 0. The lowest BCUT2D eigenvalue weighted by atomic mass is 10.0. The third kappa shape index (κ3) is 5.09. The van der Waals surface area contributed by atoms with Gasteiger partial charge in [-0.1, -0.05) is 50.5 Å². The van der Waals surface area contributed by atoms with Crippen molar-refractivity contribution in [2.45, 2.75) is 29.0 Å². The maximum Gasteiger partial charge on any atom is 0.359 e.